The molecule has 1 amide bonds. The molecule has 0 bridgehead atoms. The fourth-order valence-corrected chi connectivity index (χ4v) is 4.33. The summed E-state index contributed by atoms with van der Waals surface area (Å²) >= 11 is 1.65. The molecule has 0 saturated heterocycles. The van der Waals surface area contributed by atoms with E-state index in [1.807, 2.05) is 51.3 Å². The van der Waals surface area contributed by atoms with E-state index in [0.29, 0.717) is 13.0 Å². The van der Waals surface area contributed by atoms with Crippen LogP contribution in [0.5, 0.6) is 0 Å². The second-order valence-corrected chi connectivity index (χ2v) is 9.78. The average Bonchev–Trinajstić information content (AvgIpc) is 2.65. The predicted octanol–water partition coefficient (Wildman–Crippen LogP) is 3.73. The third-order valence-corrected chi connectivity index (χ3v) is 6.51. The van der Waals surface area contributed by atoms with E-state index in [9.17, 15) is 13.2 Å². The molecular weight excluding hydrogens is 392 g/mol. The topological polar surface area (TPSA) is 75.3 Å². The highest BCUT2D eigenvalue weighted by atomic mass is 32.2. The van der Waals surface area contributed by atoms with Crippen LogP contribution in [0.2, 0.25) is 0 Å². The Kier molecular flexibility index (Phi) is 8.10. The Morgan fingerprint density at radius 3 is 2.18 bits per heavy atom. The van der Waals surface area contributed by atoms with Crippen molar-refractivity contribution in [1.82, 2.24) is 10.0 Å². The largest absolute Gasteiger partial charge is 0.351 e. The minimum absolute atomic E-state index is 0.160. The number of carbonyl (C=O) groups excluding carboxylic acids is 1. The molecule has 0 aliphatic heterocycles. The second kappa shape index (κ2) is 10.1. The monoisotopic (exact) mass is 420 g/mol. The summed E-state index contributed by atoms with van der Waals surface area (Å²) in [6.07, 6.45) is 2.43. The minimum Gasteiger partial charge on any atom is -0.351 e. The number of thioether (sulfide) groups is 1. The quantitative estimate of drug-likeness (QED) is 0.606. The number of amides is 1. The SMILES string of the molecule is CSc1ccc(CNC(=O)C(CC(C)C)NS(=O)(=O)c2ccc(C)cc2)cc1. The van der Waals surface area contributed by atoms with E-state index in [1.54, 1.807) is 36.0 Å². The molecule has 0 aromatic heterocycles. The molecule has 0 saturated carbocycles. The molecule has 2 rings (SSSR count). The van der Waals surface area contributed by atoms with E-state index in [2.05, 4.69) is 10.0 Å². The molecule has 5 nitrogen and oxygen atoms in total. The van der Waals surface area contributed by atoms with Gasteiger partial charge in [0.1, 0.15) is 6.04 Å². The smallest absolute Gasteiger partial charge is 0.241 e. The summed E-state index contributed by atoms with van der Waals surface area (Å²) in [4.78, 5) is 14.0. The average molecular weight is 421 g/mol. The van der Waals surface area contributed by atoms with Crippen molar-refractivity contribution < 1.29 is 13.2 Å². The van der Waals surface area contributed by atoms with E-state index >= 15 is 0 Å². The summed E-state index contributed by atoms with van der Waals surface area (Å²) in [5, 5.41) is 2.85. The van der Waals surface area contributed by atoms with Gasteiger partial charge in [-0.1, -0.05) is 43.7 Å². The molecule has 0 aliphatic rings. The van der Waals surface area contributed by atoms with E-state index < -0.39 is 16.1 Å². The summed E-state index contributed by atoms with van der Waals surface area (Å²) < 4.78 is 28.0. The van der Waals surface area contributed by atoms with E-state index in [4.69, 9.17) is 0 Å². The third-order valence-electron chi connectivity index (χ3n) is 4.28. The number of rotatable bonds is 9. The molecule has 2 aromatic rings. The number of hydrogen-bond acceptors (Lipinski definition) is 4. The number of benzene rings is 2. The molecule has 2 N–H and O–H groups in total. The van der Waals surface area contributed by atoms with Crippen LogP contribution in [0.4, 0.5) is 0 Å². The summed E-state index contributed by atoms with van der Waals surface area (Å²) in [5.74, 6) is -0.157. The number of sulfonamides is 1. The fraction of sp³-hybridized carbons (Fsp3) is 0.381. The van der Waals surface area contributed by atoms with Crippen LogP contribution in [-0.4, -0.2) is 26.6 Å². The van der Waals surface area contributed by atoms with Gasteiger partial charge in [-0.15, -0.1) is 11.8 Å². The number of carbonyl (C=O) groups is 1. The highest BCUT2D eigenvalue weighted by Crippen LogP contribution is 2.16. The maximum atomic E-state index is 12.7. The molecule has 1 unspecified atom stereocenters. The minimum atomic E-state index is -3.77. The first kappa shape index (κ1) is 22.5. The lowest BCUT2D eigenvalue weighted by molar-refractivity contribution is -0.123. The van der Waals surface area contributed by atoms with Crippen LogP contribution in [0.15, 0.2) is 58.3 Å². The van der Waals surface area contributed by atoms with Crippen molar-refractivity contribution in [3.63, 3.8) is 0 Å². The van der Waals surface area contributed by atoms with Gasteiger partial charge in [-0.3, -0.25) is 4.79 Å². The molecule has 0 heterocycles. The van der Waals surface area contributed by atoms with Crippen LogP contribution in [0.25, 0.3) is 0 Å². The van der Waals surface area contributed by atoms with Crippen LogP contribution in [0, 0.1) is 12.8 Å². The molecule has 152 valence electrons. The molecule has 0 spiro atoms. The van der Waals surface area contributed by atoms with Crippen molar-refractivity contribution >= 4 is 27.7 Å². The Labute approximate surface area is 172 Å². The van der Waals surface area contributed by atoms with Crippen molar-refractivity contribution in [2.24, 2.45) is 5.92 Å². The van der Waals surface area contributed by atoms with Gasteiger partial charge in [0.15, 0.2) is 0 Å². The predicted molar refractivity (Wildman–Crippen MR) is 115 cm³/mol. The van der Waals surface area contributed by atoms with Gasteiger partial charge in [0, 0.05) is 11.4 Å². The Bertz CT molecular complexity index is 877. The summed E-state index contributed by atoms with van der Waals surface area (Å²) in [7, 11) is -3.77. The van der Waals surface area contributed by atoms with Crippen molar-refractivity contribution in [3.8, 4) is 0 Å². The number of hydrogen-bond donors (Lipinski definition) is 2. The molecule has 28 heavy (non-hydrogen) atoms. The molecule has 0 radical (unpaired) electrons. The normalized spacial score (nSPS) is 12.8. The first-order chi connectivity index (χ1) is 13.2. The lowest BCUT2D eigenvalue weighted by Crippen LogP contribution is -2.47. The number of aryl methyl sites for hydroxylation is 1. The first-order valence-corrected chi connectivity index (χ1v) is 11.9. The Morgan fingerprint density at radius 2 is 1.64 bits per heavy atom. The van der Waals surface area contributed by atoms with Gasteiger partial charge in [0.2, 0.25) is 15.9 Å². The van der Waals surface area contributed by atoms with Gasteiger partial charge in [0.05, 0.1) is 4.90 Å². The fourth-order valence-electron chi connectivity index (χ4n) is 2.71. The van der Waals surface area contributed by atoms with Crippen LogP contribution >= 0.6 is 11.8 Å². The Morgan fingerprint density at radius 1 is 1.04 bits per heavy atom. The van der Waals surface area contributed by atoms with Crippen molar-refractivity contribution in [1.29, 1.82) is 0 Å². The van der Waals surface area contributed by atoms with Crippen molar-refractivity contribution in [3.05, 3.63) is 59.7 Å². The van der Waals surface area contributed by atoms with E-state index in [-0.39, 0.29) is 16.7 Å². The molecule has 7 heteroatoms. The van der Waals surface area contributed by atoms with Gasteiger partial charge >= 0.3 is 0 Å². The zero-order valence-electron chi connectivity index (χ0n) is 16.7. The lowest BCUT2D eigenvalue weighted by atomic mass is 10.0. The molecule has 1 atom stereocenters. The Hall–Kier alpha value is -1.83. The van der Waals surface area contributed by atoms with Gasteiger partial charge in [-0.25, -0.2) is 8.42 Å². The standard InChI is InChI=1S/C21H28N2O3S2/c1-15(2)13-20(23-28(25,26)19-11-5-16(3)6-12-19)21(24)22-14-17-7-9-18(27-4)10-8-17/h5-12,15,20,23H,13-14H2,1-4H3,(H,22,24). The molecule has 2 aromatic carbocycles. The zero-order valence-corrected chi connectivity index (χ0v) is 18.4. The molecular formula is C21H28N2O3S2. The summed E-state index contributed by atoms with van der Waals surface area (Å²) in [5.41, 5.74) is 1.94. The molecule has 0 fully saturated rings. The summed E-state index contributed by atoms with van der Waals surface area (Å²) in [6, 6.07) is 13.7. The zero-order chi connectivity index (χ0) is 20.7. The van der Waals surface area contributed by atoms with Crippen LogP contribution in [0.3, 0.4) is 0 Å². The van der Waals surface area contributed by atoms with Gasteiger partial charge < -0.3 is 5.32 Å². The number of nitrogens with one attached hydrogen (secondary N) is 2. The second-order valence-electron chi connectivity index (χ2n) is 7.18. The van der Waals surface area contributed by atoms with Gasteiger partial charge in [-0.05, 0) is 55.3 Å². The third kappa shape index (κ3) is 6.65. The van der Waals surface area contributed by atoms with Crippen LogP contribution < -0.4 is 10.0 Å². The summed E-state index contributed by atoms with van der Waals surface area (Å²) in [6.45, 7) is 6.17. The maximum absolute atomic E-state index is 12.7. The highest BCUT2D eigenvalue weighted by molar-refractivity contribution is 7.98. The lowest BCUT2D eigenvalue weighted by Gasteiger charge is -2.20. The van der Waals surface area contributed by atoms with E-state index in [0.717, 1.165) is 16.0 Å². The Balaban J connectivity index is 2.08. The van der Waals surface area contributed by atoms with Crippen molar-refractivity contribution in [2.75, 3.05) is 6.26 Å². The van der Waals surface area contributed by atoms with Crippen LogP contribution in [0.1, 0.15) is 31.4 Å². The van der Waals surface area contributed by atoms with Crippen LogP contribution in [-0.2, 0) is 21.4 Å². The van der Waals surface area contributed by atoms with E-state index in [1.165, 1.54) is 0 Å². The molecule has 0 aliphatic carbocycles. The first-order valence-electron chi connectivity index (χ1n) is 9.21. The maximum Gasteiger partial charge on any atom is 0.241 e. The van der Waals surface area contributed by atoms with Crippen molar-refractivity contribution in [2.45, 2.75) is 49.6 Å². The van der Waals surface area contributed by atoms with Gasteiger partial charge in [-0.2, -0.15) is 4.72 Å². The highest BCUT2D eigenvalue weighted by Gasteiger charge is 2.26. The van der Waals surface area contributed by atoms with Gasteiger partial charge in [0.25, 0.3) is 0 Å².